The van der Waals surface area contributed by atoms with E-state index in [2.05, 4.69) is 24.5 Å². The van der Waals surface area contributed by atoms with E-state index in [-0.39, 0.29) is 17.6 Å². The molecule has 8 heteroatoms. The SMILES string of the molecule is Cc1ccc(NC[C@H](CC(C)C)NC(=O)[C@@H]2CCCC[C@@]2(C(N)=O)c2c(C(=O)O)n(C)c3ccccc23)cc1. The monoisotopic (exact) mass is 532 g/mol. The van der Waals surface area contributed by atoms with Crippen LogP contribution in [-0.2, 0) is 22.1 Å². The van der Waals surface area contributed by atoms with Crippen LogP contribution in [0.3, 0.4) is 0 Å². The van der Waals surface area contributed by atoms with Crippen molar-refractivity contribution in [1.29, 1.82) is 0 Å². The minimum atomic E-state index is -1.43. The summed E-state index contributed by atoms with van der Waals surface area (Å²) in [5.74, 6) is -2.50. The van der Waals surface area contributed by atoms with Crippen LogP contribution in [0, 0.1) is 18.8 Å². The lowest BCUT2D eigenvalue weighted by Crippen LogP contribution is -2.56. The zero-order valence-corrected chi connectivity index (χ0v) is 23.3. The number of nitrogens with zero attached hydrogens (tertiary/aromatic N) is 1. The van der Waals surface area contributed by atoms with Crippen LogP contribution in [0.5, 0.6) is 0 Å². The molecule has 1 fully saturated rings. The number of carboxylic acids is 1. The number of fused-ring (bicyclic) bond motifs is 1. The second-order valence-corrected chi connectivity index (χ2v) is 11.3. The van der Waals surface area contributed by atoms with Gasteiger partial charge in [-0.3, -0.25) is 9.59 Å². The number of hydrogen-bond acceptors (Lipinski definition) is 4. The van der Waals surface area contributed by atoms with E-state index in [9.17, 15) is 19.5 Å². The van der Waals surface area contributed by atoms with E-state index >= 15 is 0 Å². The standard InChI is InChI=1S/C31H40N4O4/c1-19(2)17-22(18-33-21-14-12-20(3)13-15-21)34-28(36)24-10-7-8-16-31(24,30(32)39)26-23-9-5-6-11-25(23)35(4)27(26)29(37)38/h5-6,9,11-15,19,22,24,33H,7-8,10,16-18H2,1-4H3,(H2,32,39)(H,34,36)(H,37,38)/t22-,24-,31-/m0/s1. The number of para-hydroxylation sites is 1. The number of aryl methyl sites for hydroxylation is 2. The first-order chi connectivity index (χ1) is 18.6. The topological polar surface area (TPSA) is 126 Å². The predicted molar refractivity (Wildman–Crippen MR) is 154 cm³/mol. The number of rotatable bonds is 10. The molecular formula is C31H40N4O4. The molecule has 0 unspecified atom stereocenters. The Balaban J connectivity index is 1.72. The number of hydrogen-bond donors (Lipinski definition) is 4. The molecule has 5 N–H and O–H groups in total. The first-order valence-corrected chi connectivity index (χ1v) is 13.8. The summed E-state index contributed by atoms with van der Waals surface area (Å²) in [5.41, 5.74) is 7.92. The number of nitrogens with two attached hydrogens (primary N) is 1. The summed E-state index contributed by atoms with van der Waals surface area (Å²) in [6, 6.07) is 15.2. The van der Waals surface area contributed by atoms with Gasteiger partial charge in [0.2, 0.25) is 11.8 Å². The summed E-state index contributed by atoms with van der Waals surface area (Å²) < 4.78 is 1.59. The molecule has 208 valence electrons. The van der Waals surface area contributed by atoms with Gasteiger partial charge in [0.05, 0.1) is 11.3 Å². The Morgan fingerprint density at radius 2 is 1.79 bits per heavy atom. The summed E-state index contributed by atoms with van der Waals surface area (Å²) in [4.78, 5) is 40.1. The van der Waals surface area contributed by atoms with Crippen molar-refractivity contribution in [2.24, 2.45) is 24.6 Å². The Morgan fingerprint density at radius 3 is 2.44 bits per heavy atom. The quantitative estimate of drug-likeness (QED) is 0.300. The number of aromatic nitrogens is 1. The highest BCUT2D eigenvalue weighted by atomic mass is 16.4. The number of carboxylic acid groups (broad SMARTS) is 1. The van der Waals surface area contributed by atoms with Crippen molar-refractivity contribution >= 4 is 34.4 Å². The van der Waals surface area contributed by atoms with Gasteiger partial charge in [0.25, 0.3) is 0 Å². The van der Waals surface area contributed by atoms with E-state index in [1.807, 2.05) is 55.5 Å². The highest BCUT2D eigenvalue weighted by molar-refractivity contribution is 6.06. The third-order valence-corrected chi connectivity index (χ3v) is 8.13. The molecule has 0 saturated heterocycles. The van der Waals surface area contributed by atoms with E-state index in [1.165, 1.54) is 5.56 Å². The minimum Gasteiger partial charge on any atom is -0.477 e. The van der Waals surface area contributed by atoms with Crippen LogP contribution < -0.4 is 16.4 Å². The summed E-state index contributed by atoms with van der Waals surface area (Å²) >= 11 is 0. The number of anilines is 1. The van der Waals surface area contributed by atoms with E-state index in [0.717, 1.165) is 18.5 Å². The average molecular weight is 533 g/mol. The smallest absolute Gasteiger partial charge is 0.352 e. The van der Waals surface area contributed by atoms with Crippen LogP contribution in [0.25, 0.3) is 10.9 Å². The van der Waals surface area contributed by atoms with Gasteiger partial charge in [-0.15, -0.1) is 0 Å². The molecule has 1 aliphatic carbocycles. The second-order valence-electron chi connectivity index (χ2n) is 11.3. The highest BCUT2D eigenvalue weighted by Gasteiger charge is 2.54. The van der Waals surface area contributed by atoms with E-state index < -0.39 is 23.2 Å². The largest absolute Gasteiger partial charge is 0.477 e. The maximum absolute atomic E-state index is 14.1. The van der Waals surface area contributed by atoms with Gasteiger partial charge in [-0.05, 0) is 50.3 Å². The number of amides is 2. The minimum absolute atomic E-state index is 0.00877. The van der Waals surface area contributed by atoms with Crippen LogP contribution in [0.1, 0.15) is 67.6 Å². The zero-order chi connectivity index (χ0) is 28.3. The third kappa shape index (κ3) is 5.51. The van der Waals surface area contributed by atoms with E-state index in [0.29, 0.717) is 48.2 Å². The van der Waals surface area contributed by atoms with Crippen molar-refractivity contribution in [3.8, 4) is 0 Å². The zero-order valence-electron chi connectivity index (χ0n) is 23.3. The Hall–Kier alpha value is -3.81. The molecule has 1 aliphatic rings. The van der Waals surface area contributed by atoms with Crippen molar-refractivity contribution in [3.05, 3.63) is 65.4 Å². The van der Waals surface area contributed by atoms with Gasteiger partial charge >= 0.3 is 5.97 Å². The van der Waals surface area contributed by atoms with Gasteiger partial charge in [-0.2, -0.15) is 0 Å². The Bertz CT molecular complexity index is 1360. The maximum atomic E-state index is 14.1. The van der Waals surface area contributed by atoms with Crippen LogP contribution in [0.15, 0.2) is 48.5 Å². The maximum Gasteiger partial charge on any atom is 0.352 e. The van der Waals surface area contributed by atoms with Crippen molar-refractivity contribution in [1.82, 2.24) is 9.88 Å². The normalized spacial score (nSPS) is 20.1. The lowest BCUT2D eigenvalue weighted by Gasteiger charge is -2.42. The highest BCUT2D eigenvalue weighted by Crippen LogP contribution is 2.48. The van der Waals surface area contributed by atoms with Gasteiger partial charge in [0.1, 0.15) is 5.69 Å². The van der Waals surface area contributed by atoms with Crippen LogP contribution in [0.4, 0.5) is 5.69 Å². The number of benzene rings is 2. The predicted octanol–water partition coefficient (Wildman–Crippen LogP) is 4.74. The van der Waals surface area contributed by atoms with Gasteiger partial charge in [-0.1, -0.05) is 62.6 Å². The fourth-order valence-corrected chi connectivity index (χ4v) is 6.32. The summed E-state index contributed by atoms with van der Waals surface area (Å²) in [6.45, 7) is 6.77. The molecule has 1 heterocycles. The van der Waals surface area contributed by atoms with Gasteiger partial charge in [0.15, 0.2) is 0 Å². The molecule has 8 nitrogen and oxygen atoms in total. The van der Waals surface area contributed by atoms with Gasteiger partial charge in [-0.25, -0.2) is 4.79 Å². The molecule has 39 heavy (non-hydrogen) atoms. The molecule has 3 atom stereocenters. The van der Waals surface area contributed by atoms with Crippen molar-refractivity contribution < 1.29 is 19.5 Å². The number of carbonyl (C=O) groups is 3. The van der Waals surface area contributed by atoms with Crippen LogP contribution >= 0.6 is 0 Å². The lowest BCUT2D eigenvalue weighted by atomic mass is 9.60. The van der Waals surface area contributed by atoms with Crippen molar-refractivity contribution in [2.75, 3.05) is 11.9 Å². The van der Waals surface area contributed by atoms with Crippen molar-refractivity contribution in [3.63, 3.8) is 0 Å². The number of carbonyl (C=O) groups excluding carboxylic acids is 2. The third-order valence-electron chi connectivity index (χ3n) is 8.13. The molecule has 0 spiro atoms. The van der Waals surface area contributed by atoms with Crippen LogP contribution in [0.2, 0.25) is 0 Å². The molecule has 3 aromatic rings. The van der Waals surface area contributed by atoms with Gasteiger partial charge in [0, 0.05) is 41.8 Å². The second kappa shape index (κ2) is 11.5. The molecule has 1 aromatic heterocycles. The van der Waals surface area contributed by atoms with Gasteiger partial charge < -0.3 is 26.0 Å². The van der Waals surface area contributed by atoms with Crippen molar-refractivity contribution in [2.45, 2.75) is 64.3 Å². The lowest BCUT2D eigenvalue weighted by molar-refractivity contribution is -0.137. The molecule has 0 aliphatic heterocycles. The Morgan fingerprint density at radius 1 is 1.10 bits per heavy atom. The first kappa shape index (κ1) is 28.2. The fraction of sp³-hybridized carbons (Fsp3) is 0.452. The molecule has 4 rings (SSSR count). The number of aromatic carboxylic acids is 1. The molecule has 0 bridgehead atoms. The Kier molecular flexibility index (Phi) is 8.33. The molecule has 2 aromatic carbocycles. The van der Waals surface area contributed by atoms with Crippen LogP contribution in [-0.4, -0.2) is 40.0 Å². The molecular weight excluding hydrogens is 492 g/mol. The number of primary amides is 1. The fourth-order valence-electron chi connectivity index (χ4n) is 6.32. The first-order valence-electron chi connectivity index (χ1n) is 13.8. The number of nitrogens with one attached hydrogen (secondary N) is 2. The summed E-state index contributed by atoms with van der Waals surface area (Å²) in [7, 11) is 1.68. The summed E-state index contributed by atoms with van der Waals surface area (Å²) in [5, 5.41) is 17.6. The average Bonchev–Trinajstić information content (AvgIpc) is 3.20. The van der Waals surface area contributed by atoms with E-state index in [1.54, 1.807) is 11.6 Å². The summed E-state index contributed by atoms with van der Waals surface area (Å²) in [6.07, 6.45) is 2.97. The van der Waals surface area contributed by atoms with E-state index in [4.69, 9.17) is 5.73 Å². The Labute approximate surface area is 230 Å². The molecule has 2 amide bonds. The molecule has 1 saturated carbocycles. The molecule has 0 radical (unpaired) electrons.